The molecule has 0 spiro atoms. The van der Waals surface area contributed by atoms with Crippen LogP contribution in [0.2, 0.25) is 15.1 Å². The molecule has 8 heteroatoms. The van der Waals surface area contributed by atoms with Crippen LogP contribution in [0.25, 0.3) is 0 Å². The lowest BCUT2D eigenvalue weighted by atomic mass is 10.0. The summed E-state index contributed by atoms with van der Waals surface area (Å²) in [7, 11) is 0. The fourth-order valence-electron chi connectivity index (χ4n) is 3.84. The zero-order chi connectivity index (χ0) is 26.6. The van der Waals surface area contributed by atoms with Crippen molar-refractivity contribution in [1.82, 2.24) is 10.2 Å². The van der Waals surface area contributed by atoms with Gasteiger partial charge in [0.15, 0.2) is 0 Å². The predicted molar refractivity (Wildman–Crippen MR) is 156 cm³/mol. The van der Waals surface area contributed by atoms with Crippen molar-refractivity contribution < 1.29 is 9.59 Å². The topological polar surface area (TPSA) is 49.4 Å². The molecule has 3 aromatic rings. The zero-order valence-electron chi connectivity index (χ0n) is 20.8. The van der Waals surface area contributed by atoms with Crippen LogP contribution >= 0.6 is 46.6 Å². The van der Waals surface area contributed by atoms with Gasteiger partial charge >= 0.3 is 0 Å². The van der Waals surface area contributed by atoms with E-state index in [2.05, 4.69) is 5.32 Å². The molecule has 0 aliphatic rings. The summed E-state index contributed by atoms with van der Waals surface area (Å²) in [4.78, 5) is 29.8. The molecule has 196 valence electrons. The summed E-state index contributed by atoms with van der Waals surface area (Å²) >= 11 is 20.2. The molecular formula is C29H31Cl3N2O2S. The van der Waals surface area contributed by atoms with Crippen molar-refractivity contribution in [3.05, 3.63) is 99.0 Å². The smallest absolute Gasteiger partial charge is 0.243 e. The second kappa shape index (κ2) is 15.3. The quantitative estimate of drug-likeness (QED) is 0.167. The van der Waals surface area contributed by atoms with Crippen LogP contribution in [-0.4, -0.2) is 35.1 Å². The Kier molecular flexibility index (Phi) is 12.1. The van der Waals surface area contributed by atoms with Gasteiger partial charge in [-0.1, -0.05) is 78.1 Å². The van der Waals surface area contributed by atoms with Crippen molar-refractivity contribution in [2.45, 2.75) is 50.1 Å². The minimum Gasteiger partial charge on any atom is -0.354 e. The molecule has 1 N–H and O–H groups in total. The molecule has 37 heavy (non-hydrogen) atoms. The number of hydrogen-bond donors (Lipinski definition) is 1. The molecule has 0 bridgehead atoms. The van der Waals surface area contributed by atoms with Gasteiger partial charge in [-0.25, -0.2) is 0 Å². The maximum absolute atomic E-state index is 13.6. The Morgan fingerprint density at radius 1 is 0.946 bits per heavy atom. The summed E-state index contributed by atoms with van der Waals surface area (Å²) in [5, 5.41) is 4.67. The summed E-state index contributed by atoms with van der Waals surface area (Å²) < 4.78 is 0. The van der Waals surface area contributed by atoms with Gasteiger partial charge in [-0.15, -0.1) is 11.8 Å². The molecule has 0 aliphatic heterocycles. The second-order valence-electron chi connectivity index (χ2n) is 8.66. The highest BCUT2D eigenvalue weighted by atomic mass is 35.5. The number of halogens is 3. The van der Waals surface area contributed by atoms with Gasteiger partial charge in [0, 0.05) is 45.9 Å². The molecule has 0 saturated carbocycles. The lowest BCUT2D eigenvalue weighted by Crippen LogP contribution is -2.50. The number of carbonyl (C=O) groups is 2. The maximum atomic E-state index is 13.6. The molecule has 4 nitrogen and oxygen atoms in total. The largest absolute Gasteiger partial charge is 0.354 e. The van der Waals surface area contributed by atoms with E-state index in [1.54, 1.807) is 28.8 Å². The van der Waals surface area contributed by atoms with E-state index in [0.29, 0.717) is 40.9 Å². The van der Waals surface area contributed by atoms with E-state index in [-0.39, 0.29) is 18.4 Å². The number of hydrogen-bond acceptors (Lipinski definition) is 3. The van der Waals surface area contributed by atoms with Gasteiger partial charge in [0.25, 0.3) is 0 Å². The Hall–Kier alpha value is -2.18. The van der Waals surface area contributed by atoms with Crippen LogP contribution in [0.4, 0.5) is 0 Å². The van der Waals surface area contributed by atoms with Gasteiger partial charge in [0.1, 0.15) is 6.04 Å². The van der Waals surface area contributed by atoms with Crippen LogP contribution < -0.4 is 5.32 Å². The normalized spacial score (nSPS) is 11.7. The van der Waals surface area contributed by atoms with Crippen LogP contribution in [0.1, 0.15) is 37.3 Å². The predicted octanol–water partition coefficient (Wildman–Crippen LogP) is 7.69. The van der Waals surface area contributed by atoms with E-state index in [4.69, 9.17) is 34.8 Å². The van der Waals surface area contributed by atoms with Crippen LogP contribution in [0.3, 0.4) is 0 Å². The molecule has 0 fully saturated rings. The Morgan fingerprint density at radius 3 is 2.32 bits per heavy atom. The third-order valence-corrected chi connectivity index (χ3v) is 7.73. The second-order valence-corrected chi connectivity index (χ2v) is 11.1. The molecule has 0 aliphatic carbocycles. The van der Waals surface area contributed by atoms with E-state index >= 15 is 0 Å². The molecule has 0 heterocycles. The van der Waals surface area contributed by atoms with Crippen LogP contribution in [0.15, 0.2) is 77.7 Å². The molecule has 3 aromatic carbocycles. The third kappa shape index (κ3) is 9.57. The number of carbonyl (C=O) groups excluding carboxylic acids is 2. The minimum absolute atomic E-state index is 0.0877. The van der Waals surface area contributed by atoms with Crippen molar-refractivity contribution in [2.24, 2.45) is 0 Å². The summed E-state index contributed by atoms with van der Waals surface area (Å²) in [6.45, 7) is 2.77. The molecular weight excluding hydrogens is 547 g/mol. The Morgan fingerprint density at radius 2 is 1.65 bits per heavy atom. The van der Waals surface area contributed by atoms with Crippen molar-refractivity contribution in [2.75, 3.05) is 12.3 Å². The van der Waals surface area contributed by atoms with E-state index < -0.39 is 6.04 Å². The Balaban J connectivity index is 1.80. The Labute approximate surface area is 238 Å². The summed E-state index contributed by atoms with van der Waals surface area (Å²) in [5.74, 6) is 0.517. The molecule has 2 amide bonds. The first-order valence-electron chi connectivity index (χ1n) is 12.3. The van der Waals surface area contributed by atoms with Gasteiger partial charge in [-0.2, -0.15) is 0 Å². The molecule has 0 radical (unpaired) electrons. The SMILES string of the molecule is CCCNC(=O)[C@@H](Cc1ccccc1)N(Cc1ccc(Cl)cc1Cl)C(=O)CCCSc1ccc(Cl)cc1. The average Bonchev–Trinajstić information content (AvgIpc) is 2.89. The molecule has 3 rings (SSSR count). The molecule has 0 aromatic heterocycles. The first-order valence-corrected chi connectivity index (χ1v) is 14.4. The Bertz CT molecular complexity index is 1160. The highest BCUT2D eigenvalue weighted by Gasteiger charge is 2.30. The number of rotatable bonds is 13. The van der Waals surface area contributed by atoms with E-state index in [0.717, 1.165) is 28.2 Å². The average molecular weight is 578 g/mol. The first-order chi connectivity index (χ1) is 17.9. The van der Waals surface area contributed by atoms with Crippen LogP contribution in [0.5, 0.6) is 0 Å². The van der Waals surface area contributed by atoms with Gasteiger partial charge in [0.2, 0.25) is 11.8 Å². The van der Waals surface area contributed by atoms with E-state index in [1.807, 2.05) is 67.6 Å². The lowest BCUT2D eigenvalue weighted by Gasteiger charge is -2.32. The van der Waals surface area contributed by atoms with Crippen molar-refractivity contribution >= 4 is 58.4 Å². The highest BCUT2D eigenvalue weighted by Crippen LogP contribution is 2.26. The van der Waals surface area contributed by atoms with Crippen molar-refractivity contribution in [1.29, 1.82) is 0 Å². The highest BCUT2D eigenvalue weighted by molar-refractivity contribution is 7.99. The summed E-state index contributed by atoms with van der Waals surface area (Å²) in [5.41, 5.74) is 1.73. The number of nitrogens with zero attached hydrogens (tertiary/aromatic N) is 1. The van der Waals surface area contributed by atoms with Gasteiger partial charge in [-0.05, 0) is 66.1 Å². The summed E-state index contributed by atoms with van der Waals surface area (Å²) in [6, 6.07) is 22.0. The minimum atomic E-state index is -0.669. The van der Waals surface area contributed by atoms with Crippen molar-refractivity contribution in [3.63, 3.8) is 0 Å². The standard InChI is InChI=1S/C29H31Cl3N2O2S/c1-2-16-33-29(36)27(18-21-7-4-3-5-8-21)34(20-22-10-11-24(31)19-26(22)32)28(35)9-6-17-37-25-14-12-23(30)13-15-25/h3-5,7-8,10-15,19,27H,2,6,9,16-18,20H2,1H3,(H,33,36)/t27-/m1/s1. The lowest BCUT2D eigenvalue weighted by molar-refractivity contribution is -0.141. The molecule has 0 unspecified atom stereocenters. The third-order valence-electron chi connectivity index (χ3n) is 5.79. The monoisotopic (exact) mass is 576 g/mol. The van der Waals surface area contributed by atoms with E-state index in [9.17, 15) is 9.59 Å². The molecule has 1 atom stereocenters. The number of thioether (sulfide) groups is 1. The number of benzene rings is 3. The fraction of sp³-hybridized carbons (Fsp3) is 0.310. The van der Waals surface area contributed by atoms with Gasteiger partial charge in [0.05, 0.1) is 0 Å². The van der Waals surface area contributed by atoms with Crippen molar-refractivity contribution in [3.8, 4) is 0 Å². The van der Waals surface area contributed by atoms with Gasteiger partial charge in [-0.3, -0.25) is 9.59 Å². The van der Waals surface area contributed by atoms with Gasteiger partial charge < -0.3 is 10.2 Å². The maximum Gasteiger partial charge on any atom is 0.243 e. The van der Waals surface area contributed by atoms with Crippen LogP contribution in [0, 0.1) is 0 Å². The van der Waals surface area contributed by atoms with Crippen LogP contribution in [-0.2, 0) is 22.6 Å². The zero-order valence-corrected chi connectivity index (χ0v) is 23.8. The molecule has 0 saturated heterocycles. The number of nitrogens with one attached hydrogen (secondary N) is 1. The fourth-order valence-corrected chi connectivity index (χ4v) is 5.29. The summed E-state index contributed by atoms with van der Waals surface area (Å²) in [6.07, 6.45) is 2.21. The number of amides is 2. The van der Waals surface area contributed by atoms with E-state index in [1.165, 1.54) is 0 Å². The first kappa shape index (κ1) is 29.4.